The minimum Gasteiger partial charge on any atom is -0.366 e. The lowest BCUT2D eigenvalue weighted by molar-refractivity contribution is 0.412. The van der Waals surface area contributed by atoms with Crippen molar-refractivity contribution < 1.29 is 0 Å². The molecule has 23 heavy (non-hydrogen) atoms. The molecular formula is C16H23ClN6. The molecule has 0 aliphatic rings. The lowest BCUT2D eigenvalue weighted by atomic mass is 9.93. The lowest BCUT2D eigenvalue weighted by Gasteiger charge is -2.27. The van der Waals surface area contributed by atoms with Crippen LogP contribution in [0.1, 0.15) is 47.1 Å². The van der Waals surface area contributed by atoms with Gasteiger partial charge in [0.2, 0.25) is 5.95 Å². The first-order chi connectivity index (χ1) is 10.6. The Balaban J connectivity index is 3.27. The van der Waals surface area contributed by atoms with Gasteiger partial charge in [0.15, 0.2) is 11.0 Å². The SMILES string of the molecule is CC(C)C(Nc1nc(NC(C)(C)C#N)nc(Cl)c1C#N)C(C)C. The zero-order valence-electron chi connectivity index (χ0n) is 14.4. The molecule has 0 saturated heterocycles. The van der Waals surface area contributed by atoms with Crippen LogP contribution in [0.3, 0.4) is 0 Å². The Bertz CT molecular complexity index is 631. The van der Waals surface area contributed by atoms with Crippen molar-refractivity contribution in [1.29, 1.82) is 10.5 Å². The summed E-state index contributed by atoms with van der Waals surface area (Å²) < 4.78 is 0. The highest BCUT2D eigenvalue weighted by molar-refractivity contribution is 6.31. The van der Waals surface area contributed by atoms with Crippen molar-refractivity contribution in [3.63, 3.8) is 0 Å². The van der Waals surface area contributed by atoms with Crippen LogP contribution in [0.4, 0.5) is 11.8 Å². The Hall–Kier alpha value is -2.05. The molecule has 0 bridgehead atoms. The van der Waals surface area contributed by atoms with Gasteiger partial charge in [-0.2, -0.15) is 20.5 Å². The first-order valence-corrected chi connectivity index (χ1v) is 7.92. The molecule has 0 unspecified atom stereocenters. The maximum absolute atomic E-state index is 9.33. The van der Waals surface area contributed by atoms with Gasteiger partial charge in [-0.3, -0.25) is 0 Å². The number of anilines is 2. The van der Waals surface area contributed by atoms with Crippen molar-refractivity contribution in [1.82, 2.24) is 9.97 Å². The first kappa shape index (κ1) is 19.0. The van der Waals surface area contributed by atoms with Crippen molar-refractivity contribution in [3.8, 4) is 12.1 Å². The Morgan fingerprint density at radius 2 is 1.65 bits per heavy atom. The molecule has 1 rings (SSSR count). The zero-order chi connectivity index (χ0) is 17.8. The third kappa shape index (κ3) is 4.97. The van der Waals surface area contributed by atoms with E-state index < -0.39 is 5.54 Å². The maximum atomic E-state index is 9.33. The molecule has 1 heterocycles. The number of nitrogens with zero attached hydrogens (tertiary/aromatic N) is 4. The van der Waals surface area contributed by atoms with E-state index in [0.717, 1.165) is 0 Å². The summed E-state index contributed by atoms with van der Waals surface area (Å²) in [6.07, 6.45) is 0. The Morgan fingerprint density at radius 1 is 1.09 bits per heavy atom. The number of aromatic nitrogens is 2. The van der Waals surface area contributed by atoms with E-state index in [9.17, 15) is 5.26 Å². The standard InChI is InChI=1S/C16H23ClN6/c1-9(2)12(10(3)4)20-14-11(7-18)13(17)21-15(22-14)23-16(5,6)8-19/h9-10,12H,1-6H3,(H2,20,21,22,23). The molecule has 1 aromatic heterocycles. The van der Waals surface area contributed by atoms with Gasteiger partial charge in [-0.15, -0.1) is 0 Å². The smallest absolute Gasteiger partial charge is 0.227 e. The average molecular weight is 335 g/mol. The van der Waals surface area contributed by atoms with Crippen molar-refractivity contribution in [2.45, 2.75) is 53.1 Å². The van der Waals surface area contributed by atoms with Crippen LogP contribution in [0.25, 0.3) is 0 Å². The fourth-order valence-corrected chi connectivity index (χ4v) is 2.47. The summed E-state index contributed by atoms with van der Waals surface area (Å²) in [6.45, 7) is 11.8. The second-order valence-electron chi connectivity index (χ2n) is 6.69. The molecule has 0 fully saturated rings. The highest BCUT2D eigenvalue weighted by Gasteiger charge is 2.23. The summed E-state index contributed by atoms with van der Waals surface area (Å²) in [5.74, 6) is 1.30. The molecule has 0 atom stereocenters. The van der Waals surface area contributed by atoms with E-state index >= 15 is 0 Å². The number of nitrogens with one attached hydrogen (secondary N) is 2. The largest absolute Gasteiger partial charge is 0.366 e. The molecule has 7 heteroatoms. The second-order valence-corrected chi connectivity index (χ2v) is 7.05. The third-order valence-electron chi connectivity index (χ3n) is 3.42. The maximum Gasteiger partial charge on any atom is 0.227 e. The molecule has 0 amide bonds. The highest BCUT2D eigenvalue weighted by Crippen LogP contribution is 2.26. The van der Waals surface area contributed by atoms with Crippen molar-refractivity contribution in [3.05, 3.63) is 10.7 Å². The number of hydrogen-bond donors (Lipinski definition) is 2. The van der Waals surface area contributed by atoms with Gasteiger partial charge < -0.3 is 10.6 Å². The van der Waals surface area contributed by atoms with E-state index in [1.54, 1.807) is 13.8 Å². The number of rotatable bonds is 6. The zero-order valence-corrected chi connectivity index (χ0v) is 15.2. The van der Waals surface area contributed by atoms with Crippen LogP contribution in [0.15, 0.2) is 0 Å². The fourth-order valence-electron chi connectivity index (χ4n) is 2.26. The summed E-state index contributed by atoms with van der Waals surface area (Å²) in [7, 11) is 0. The molecule has 1 aromatic rings. The summed E-state index contributed by atoms with van der Waals surface area (Å²) in [5.41, 5.74) is -0.636. The molecule has 0 radical (unpaired) electrons. The van der Waals surface area contributed by atoms with Crippen molar-refractivity contribution in [2.75, 3.05) is 10.6 Å². The Morgan fingerprint density at radius 3 is 2.09 bits per heavy atom. The quantitative estimate of drug-likeness (QED) is 0.768. The van der Waals surface area contributed by atoms with Gasteiger partial charge in [-0.25, -0.2) is 0 Å². The molecule has 0 saturated carbocycles. The molecule has 0 aromatic carbocycles. The fraction of sp³-hybridized carbons (Fsp3) is 0.625. The third-order valence-corrected chi connectivity index (χ3v) is 3.69. The van der Waals surface area contributed by atoms with E-state index in [4.69, 9.17) is 16.9 Å². The van der Waals surface area contributed by atoms with Crippen molar-refractivity contribution >= 4 is 23.4 Å². The van der Waals surface area contributed by atoms with Gasteiger partial charge in [0.05, 0.1) is 6.07 Å². The van der Waals surface area contributed by atoms with Crippen LogP contribution < -0.4 is 10.6 Å². The molecule has 0 aliphatic carbocycles. The molecule has 6 nitrogen and oxygen atoms in total. The molecule has 0 spiro atoms. The van der Waals surface area contributed by atoms with Gasteiger partial charge in [0, 0.05) is 6.04 Å². The lowest BCUT2D eigenvalue weighted by Crippen LogP contribution is -2.33. The van der Waals surface area contributed by atoms with E-state index in [1.807, 2.05) is 6.07 Å². The van der Waals surface area contributed by atoms with Crippen LogP contribution in [0.2, 0.25) is 5.15 Å². The molecule has 124 valence electrons. The van der Waals surface area contributed by atoms with E-state index in [1.165, 1.54) is 0 Å². The van der Waals surface area contributed by atoms with Gasteiger partial charge >= 0.3 is 0 Å². The van der Waals surface area contributed by atoms with Crippen LogP contribution in [0.5, 0.6) is 0 Å². The van der Waals surface area contributed by atoms with E-state index in [2.05, 4.69) is 54.4 Å². The summed E-state index contributed by atoms with van der Waals surface area (Å²) in [5, 5.41) is 24.7. The topological polar surface area (TPSA) is 97.4 Å². The molecule has 2 N–H and O–H groups in total. The molecular weight excluding hydrogens is 312 g/mol. The number of halogens is 1. The van der Waals surface area contributed by atoms with Crippen LogP contribution in [0, 0.1) is 34.5 Å². The molecule has 0 aliphatic heterocycles. The van der Waals surface area contributed by atoms with Crippen molar-refractivity contribution in [2.24, 2.45) is 11.8 Å². The van der Waals surface area contributed by atoms with E-state index in [-0.39, 0.29) is 22.7 Å². The minimum absolute atomic E-state index is 0.0625. The second kappa shape index (κ2) is 7.48. The summed E-state index contributed by atoms with van der Waals surface area (Å²) in [6, 6.07) is 4.28. The monoisotopic (exact) mass is 334 g/mol. The Kier molecular flexibility index (Phi) is 6.18. The summed E-state index contributed by atoms with van der Waals surface area (Å²) in [4.78, 5) is 8.42. The first-order valence-electron chi connectivity index (χ1n) is 7.55. The number of hydrogen-bond acceptors (Lipinski definition) is 6. The van der Waals surface area contributed by atoms with Gasteiger partial charge in [0.25, 0.3) is 0 Å². The normalized spacial score (nSPS) is 11.5. The predicted molar refractivity (Wildman–Crippen MR) is 92.2 cm³/mol. The highest BCUT2D eigenvalue weighted by atomic mass is 35.5. The van der Waals surface area contributed by atoms with Crippen LogP contribution in [-0.4, -0.2) is 21.5 Å². The van der Waals surface area contributed by atoms with E-state index in [0.29, 0.717) is 17.7 Å². The van der Waals surface area contributed by atoms with Gasteiger partial charge in [-0.1, -0.05) is 39.3 Å². The van der Waals surface area contributed by atoms with Crippen LogP contribution in [-0.2, 0) is 0 Å². The average Bonchev–Trinajstić information content (AvgIpc) is 2.43. The predicted octanol–water partition coefficient (Wildman–Crippen LogP) is 3.81. The van der Waals surface area contributed by atoms with Gasteiger partial charge in [-0.05, 0) is 25.7 Å². The number of nitriles is 2. The summed E-state index contributed by atoms with van der Waals surface area (Å²) >= 11 is 6.11. The Labute approximate surface area is 142 Å². The van der Waals surface area contributed by atoms with Gasteiger partial charge in [0.1, 0.15) is 17.2 Å². The minimum atomic E-state index is -0.843. The van der Waals surface area contributed by atoms with Crippen LogP contribution >= 0.6 is 11.6 Å².